The minimum Gasteiger partial charge on any atom is -0.465 e. The Hall–Kier alpha value is -2.33. The van der Waals surface area contributed by atoms with E-state index in [-0.39, 0.29) is 18.1 Å². The normalized spacial score (nSPS) is 24.6. The molecule has 4 heteroatoms. The zero-order valence-electron chi connectivity index (χ0n) is 14.6. The van der Waals surface area contributed by atoms with Gasteiger partial charge in [-0.2, -0.15) is 0 Å². The molecule has 0 unspecified atom stereocenters. The predicted molar refractivity (Wildman–Crippen MR) is 96.7 cm³/mol. The van der Waals surface area contributed by atoms with Crippen molar-refractivity contribution < 1.29 is 14.3 Å². The minimum atomic E-state index is -0.303. The lowest BCUT2D eigenvalue weighted by molar-refractivity contribution is -0.0381. The Kier molecular flexibility index (Phi) is 4.22. The van der Waals surface area contributed by atoms with E-state index in [0.29, 0.717) is 11.5 Å². The summed E-state index contributed by atoms with van der Waals surface area (Å²) in [6.07, 6.45) is 2.35. The summed E-state index contributed by atoms with van der Waals surface area (Å²) in [5.41, 5.74) is 5.44. The van der Waals surface area contributed by atoms with E-state index < -0.39 is 0 Å². The van der Waals surface area contributed by atoms with Crippen LogP contribution in [0.4, 0.5) is 5.69 Å². The second-order valence-corrected chi connectivity index (χ2v) is 6.92. The van der Waals surface area contributed by atoms with E-state index in [1.165, 1.54) is 23.8 Å². The lowest BCUT2D eigenvalue weighted by Gasteiger charge is -2.43. The number of anilines is 1. The van der Waals surface area contributed by atoms with E-state index in [9.17, 15) is 4.79 Å². The highest BCUT2D eigenvalue weighted by Crippen LogP contribution is 2.49. The van der Waals surface area contributed by atoms with Gasteiger partial charge < -0.3 is 14.8 Å². The summed E-state index contributed by atoms with van der Waals surface area (Å²) in [4.78, 5) is 11.7. The summed E-state index contributed by atoms with van der Waals surface area (Å²) in [6, 6.07) is 14.4. The highest BCUT2D eigenvalue weighted by Gasteiger charge is 2.39. The van der Waals surface area contributed by atoms with Crippen molar-refractivity contribution in [2.45, 2.75) is 31.9 Å². The second kappa shape index (κ2) is 6.52. The van der Waals surface area contributed by atoms with Crippen molar-refractivity contribution in [1.29, 1.82) is 0 Å². The molecule has 0 saturated carbocycles. The summed E-state index contributed by atoms with van der Waals surface area (Å²) in [6.45, 7) is 2.94. The fourth-order valence-corrected chi connectivity index (χ4v) is 4.06. The van der Waals surface area contributed by atoms with Gasteiger partial charge in [-0.1, -0.05) is 29.8 Å². The summed E-state index contributed by atoms with van der Waals surface area (Å²) in [5.74, 6) is 0.0925. The Morgan fingerprint density at radius 2 is 2.00 bits per heavy atom. The van der Waals surface area contributed by atoms with E-state index in [4.69, 9.17) is 9.47 Å². The van der Waals surface area contributed by atoms with Crippen LogP contribution in [0.3, 0.4) is 0 Å². The molecule has 1 N–H and O–H groups in total. The number of carbonyl (C=O) groups is 1. The number of carbonyl (C=O) groups excluding carboxylic acids is 1. The molecule has 2 aromatic carbocycles. The summed E-state index contributed by atoms with van der Waals surface area (Å²) in [5, 5.41) is 3.71. The molecule has 2 aliphatic rings. The van der Waals surface area contributed by atoms with Crippen molar-refractivity contribution in [3.63, 3.8) is 0 Å². The standard InChI is InChI=1S/C21H23NO3/c1-13-5-10-18-17(12-13)20-16(4-3-11-25-20)19(22-18)14-6-8-15(9-7-14)21(23)24-2/h5-10,12,16,19-20,22H,3-4,11H2,1-2H3/t16-,19+,20-/m1/s1. The molecule has 1 fully saturated rings. The average molecular weight is 337 g/mol. The van der Waals surface area contributed by atoms with Gasteiger partial charge in [0.2, 0.25) is 0 Å². The fraction of sp³-hybridized carbons (Fsp3) is 0.381. The molecule has 0 amide bonds. The molecule has 0 spiro atoms. The lowest BCUT2D eigenvalue weighted by atomic mass is 9.77. The molecule has 4 nitrogen and oxygen atoms in total. The first kappa shape index (κ1) is 16.2. The van der Waals surface area contributed by atoms with E-state index in [0.717, 1.165) is 25.1 Å². The SMILES string of the molecule is COC(=O)c1ccc([C@@H]2Nc3ccc(C)cc3[C@@H]3OCCC[C@H]23)cc1. The van der Waals surface area contributed by atoms with Crippen LogP contribution in [0.1, 0.15) is 52.0 Å². The highest BCUT2D eigenvalue weighted by atomic mass is 16.5. The van der Waals surface area contributed by atoms with Gasteiger partial charge in [0.1, 0.15) is 0 Å². The van der Waals surface area contributed by atoms with Crippen molar-refractivity contribution in [3.05, 3.63) is 64.7 Å². The number of aryl methyl sites for hydroxylation is 1. The number of hydrogen-bond acceptors (Lipinski definition) is 4. The number of methoxy groups -OCH3 is 1. The summed E-state index contributed by atoms with van der Waals surface area (Å²) < 4.78 is 11.0. The number of benzene rings is 2. The fourth-order valence-electron chi connectivity index (χ4n) is 4.06. The van der Waals surface area contributed by atoms with Crippen molar-refractivity contribution in [2.75, 3.05) is 19.0 Å². The van der Waals surface area contributed by atoms with Crippen molar-refractivity contribution in [1.82, 2.24) is 0 Å². The molecule has 2 heterocycles. The van der Waals surface area contributed by atoms with Crippen LogP contribution in [-0.2, 0) is 9.47 Å². The van der Waals surface area contributed by atoms with E-state index in [1.54, 1.807) is 0 Å². The molecule has 0 radical (unpaired) electrons. The van der Waals surface area contributed by atoms with Crippen LogP contribution in [0, 0.1) is 12.8 Å². The molecule has 130 valence electrons. The third-order valence-electron chi connectivity index (χ3n) is 5.31. The number of ether oxygens (including phenoxy) is 2. The number of fused-ring (bicyclic) bond motifs is 3. The van der Waals surface area contributed by atoms with Crippen LogP contribution >= 0.6 is 0 Å². The second-order valence-electron chi connectivity index (χ2n) is 6.92. The first-order valence-corrected chi connectivity index (χ1v) is 8.84. The zero-order valence-corrected chi connectivity index (χ0v) is 14.6. The van der Waals surface area contributed by atoms with Gasteiger partial charge in [0.05, 0.1) is 24.8 Å². The average Bonchev–Trinajstić information content (AvgIpc) is 2.67. The number of hydrogen-bond donors (Lipinski definition) is 1. The Morgan fingerprint density at radius 1 is 1.20 bits per heavy atom. The zero-order chi connectivity index (χ0) is 17.4. The van der Waals surface area contributed by atoms with Crippen LogP contribution < -0.4 is 5.32 Å². The highest BCUT2D eigenvalue weighted by molar-refractivity contribution is 5.89. The monoisotopic (exact) mass is 337 g/mol. The Balaban J connectivity index is 1.69. The maximum absolute atomic E-state index is 11.7. The van der Waals surface area contributed by atoms with Crippen LogP contribution in [-0.4, -0.2) is 19.7 Å². The lowest BCUT2D eigenvalue weighted by Crippen LogP contribution is -2.36. The number of rotatable bonds is 2. The van der Waals surface area contributed by atoms with E-state index >= 15 is 0 Å². The maximum Gasteiger partial charge on any atom is 0.337 e. The molecular formula is C21H23NO3. The first-order valence-electron chi connectivity index (χ1n) is 8.84. The molecule has 2 aliphatic heterocycles. The Morgan fingerprint density at radius 3 is 2.76 bits per heavy atom. The maximum atomic E-state index is 11.7. The topological polar surface area (TPSA) is 47.6 Å². The molecular weight excluding hydrogens is 314 g/mol. The third kappa shape index (κ3) is 2.91. The largest absolute Gasteiger partial charge is 0.465 e. The smallest absolute Gasteiger partial charge is 0.337 e. The Labute approximate surface area is 148 Å². The molecule has 25 heavy (non-hydrogen) atoms. The van der Waals surface area contributed by atoms with Gasteiger partial charge in [-0.05, 0) is 43.5 Å². The van der Waals surface area contributed by atoms with Gasteiger partial charge >= 0.3 is 5.97 Å². The van der Waals surface area contributed by atoms with Crippen LogP contribution in [0.5, 0.6) is 0 Å². The minimum absolute atomic E-state index is 0.134. The van der Waals surface area contributed by atoms with Crippen molar-refractivity contribution in [3.8, 4) is 0 Å². The molecule has 0 bridgehead atoms. The number of nitrogens with one attached hydrogen (secondary N) is 1. The van der Waals surface area contributed by atoms with Gasteiger partial charge in [-0.15, -0.1) is 0 Å². The molecule has 3 atom stereocenters. The van der Waals surface area contributed by atoms with Crippen LogP contribution in [0.15, 0.2) is 42.5 Å². The molecule has 2 aromatic rings. The summed E-state index contributed by atoms with van der Waals surface area (Å²) >= 11 is 0. The van der Waals surface area contributed by atoms with Crippen LogP contribution in [0.2, 0.25) is 0 Å². The molecule has 0 aromatic heterocycles. The molecule has 4 rings (SSSR count). The van der Waals surface area contributed by atoms with Crippen molar-refractivity contribution >= 4 is 11.7 Å². The van der Waals surface area contributed by atoms with Crippen LogP contribution in [0.25, 0.3) is 0 Å². The first-order chi connectivity index (χ1) is 12.2. The van der Waals surface area contributed by atoms with Crippen molar-refractivity contribution in [2.24, 2.45) is 5.92 Å². The van der Waals surface area contributed by atoms with E-state index in [1.807, 2.05) is 24.3 Å². The van der Waals surface area contributed by atoms with Gasteiger partial charge in [-0.3, -0.25) is 0 Å². The van der Waals surface area contributed by atoms with Gasteiger partial charge in [0.15, 0.2) is 0 Å². The third-order valence-corrected chi connectivity index (χ3v) is 5.31. The Bertz CT molecular complexity index is 784. The van der Waals surface area contributed by atoms with Gasteiger partial charge in [0.25, 0.3) is 0 Å². The predicted octanol–water partition coefficient (Wildman–Crippen LogP) is 4.42. The van der Waals surface area contributed by atoms with E-state index in [2.05, 4.69) is 30.4 Å². The van der Waals surface area contributed by atoms with Gasteiger partial charge in [-0.25, -0.2) is 4.79 Å². The summed E-state index contributed by atoms with van der Waals surface area (Å²) in [7, 11) is 1.40. The van der Waals surface area contributed by atoms with Gasteiger partial charge in [0, 0.05) is 23.8 Å². The number of esters is 1. The molecule has 0 aliphatic carbocycles. The molecule has 1 saturated heterocycles. The quantitative estimate of drug-likeness (QED) is 0.824.